The summed E-state index contributed by atoms with van der Waals surface area (Å²) in [5.41, 5.74) is 2.13. The number of carbonyl (C=O) groups excluding carboxylic acids is 1. The van der Waals surface area contributed by atoms with Gasteiger partial charge in [-0.25, -0.2) is 9.78 Å². The minimum Gasteiger partial charge on any atom is -0.333 e. The van der Waals surface area contributed by atoms with Crippen LogP contribution in [-0.4, -0.2) is 29.0 Å². The minimum absolute atomic E-state index is 0.0431. The first kappa shape index (κ1) is 14.1. The van der Waals surface area contributed by atoms with Gasteiger partial charge in [0.25, 0.3) is 0 Å². The molecular weight excluding hydrogens is 282 g/mol. The molecule has 3 rings (SSSR count). The van der Waals surface area contributed by atoms with Crippen molar-refractivity contribution in [3.63, 3.8) is 0 Å². The zero-order valence-corrected chi connectivity index (χ0v) is 12.9. The van der Waals surface area contributed by atoms with E-state index in [4.69, 9.17) is 0 Å². The number of amides is 2. The first-order valence-corrected chi connectivity index (χ1v) is 8.10. The molecule has 21 heavy (non-hydrogen) atoms. The van der Waals surface area contributed by atoms with E-state index in [0.29, 0.717) is 6.54 Å². The average molecular weight is 301 g/mol. The maximum absolute atomic E-state index is 12.0. The standard InChI is InChI=1S/C16H19N3OS/c1-12-14(11-17-16(20)19-9-5-6-10-19)21-15(18-12)13-7-3-2-4-8-13/h2-4,7-8H,5-6,9-11H2,1H3,(H,17,20). The highest BCUT2D eigenvalue weighted by Gasteiger charge is 2.18. The van der Waals surface area contributed by atoms with Crippen LogP contribution < -0.4 is 5.32 Å². The van der Waals surface area contributed by atoms with E-state index in [2.05, 4.69) is 22.4 Å². The molecule has 2 heterocycles. The third kappa shape index (κ3) is 3.24. The quantitative estimate of drug-likeness (QED) is 0.944. The second-order valence-electron chi connectivity index (χ2n) is 5.25. The number of aryl methyl sites for hydroxylation is 1. The number of nitrogens with zero attached hydrogens (tertiary/aromatic N) is 2. The molecule has 0 aliphatic carbocycles. The van der Waals surface area contributed by atoms with Gasteiger partial charge in [0.05, 0.1) is 12.2 Å². The van der Waals surface area contributed by atoms with Gasteiger partial charge in [0.15, 0.2) is 0 Å². The summed E-state index contributed by atoms with van der Waals surface area (Å²) in [7, 11) is 0. The normalized spacial score (nSPS) is 14.4. The fraction of sp³-hybridized carbons (Fsp3) is 0.375. The number of thiazole rings is 1. The predicted octanol–water partition coefficient (Wildman–Crippen LogP) is 3.42. The maximum Gasteiger partial charge on any atom is 0.317 e. The van der Waals surface area contributed by atoms with Gasteiger partial charge >= 0.3 is 6.03 Å². The highest BCUT2D eigenvalue weighted by atomic mass is 32.1. The number of carbonyl (C=O) groups is 1. The van der Waals surface area contributed by atoms with Crippen LogP contribution in [0.15, 0.2) is 30.3 Å². The molecule has 110 valence electrons. The number of nitrogens with one attached hydrogen (secondary N) is 1. The number of likely N-dealkylation sites (tertiary alicyclic amines) is 1. The Morgan fingerprint density at radius 2 is 2.00 bits per heavy atom. The topological polar surface area (TPSA) is 45.2 Å². The van der Waals surface area contributed by atoms with Crippen LogP contribution in [0, 0.1) is 6.92 Å². The summed E-state index contributed by atoms with van der Waals surface area (Å²) in [4.78, 5) is 19.6. The van der Waals surface area contributed by atoms with Gasteiger partial charge in [-0.15, -0.1) is 11.3 Å². The largest absolute Gasteiger partial charge is 0.333 e. The van der Waals surface area contributed by atoms with Crippen molar-refractivity contribution in [3.8, 4) is 10.6 Å². The van der Waals surface area contributed by atoms with Crippen LogP contribution in [0.25, 0.3) is 10.6 Å². The summed E-state index contributed by atoms with van der Waals surface area (Å²) >= 11 is 1.65. The molecule has 0 radical (unpaired) electrons. The molecule has 0 spiro atoms. The number of rotatable bonds is 3. The average Bonchev–Trinajstić information content (AvgIpc) is 3.16. The second kappa shape index (κ2) is 6.26. The Morgan fingerprint density at radius 1 is 1.29 bits per heavy atom. The summed E-state index contributed by atoms with van der Waals surface area (Å²) in [6.45, 7) is 4.32. The summed E-state index contributed by atoms with van der Waals surface area (Å²) in [6, 6.07) is 10.2. The van der Waals surface area contributed by atoms with Crippen LogP contribution in [0.2, 0.25) is 0 Å². The predicted molar refractivity (Wildman–Crippen MR) is 85.3 cm³/mol. The number of benzene rings is 1. The molecule has 0 bridgehead atoms. The van der Waals surface area contributed by atoms with E-state index in [0.717, 1.165) is 47.1 Å². The molecule has 1 aromatic carbocycles. The lowest BCUT2D eigenvalue weighted by molar-refractivity contribution is 0.208. The molecule has 0 atom stereocenters. The Hall–Kier alpha value is -1.88. The molecule has 4 nitrogen and oxygen atoms in total. The van der Waals surface area contributed by atoms with E-state index in [-0.39, 0.29) is 6.03 Å². The van der Waals surface area contributed by atoms with Gasteiger partial charge in [-0.05, 0) is 19.8 Å². The summed E-state index contributed by atoms with van der Waals surface area (Å²) in [5.74, 6) is 0. The van der Waals surface area contributed by atoms with Crippen molar-refractivity contribution < 1.29 is 4.79 Å². The van der Waals surface area contributed by atoms with E-state index in [1.165, 1.54) is 0 Å². The smallest absolute Gasteiger partial charge is 0.317 e. The zero-order valence-electron chi connectivity index (χ0n) is 12.1. The monoisotopic (exact) mass is 301 g/mol. The minimum atomic E-state index is 0.0431. The van der Waals surface area contributed by atoms with E-state index < -0.39 is 0 Å². The zero-order chi connectivity index (χ0) is 14.7. The lowest BCUT2D eigenvalue weighted by Crippen LogP contribution is -2.37. The first-order chi connectivity index (χ1) is 10.2. The van der Waals surface area contributed by atoms with Gasteiger partial charge in [-0.3, -0.25) is 0 Å². The van der Waals surface area contributed by atoms with E-state index in [9.17, 15) is 4.79 Å². The SMILES string of the molecule is Cc1nc(-c2ccccc2)sc1CNC(=O)N1CCCC1. The number of urea groups is 1. The van der Waals surface area contributed by atoms with Crippen molar-refractivity contribution in [3.05, 3.63) is 40.9 Å². The van der Waals surface area contributed by atoms with Gasteiger partial charge < -0.3 is 10.2 Å². The van der Waals surface area contributed by atoms with Crippen molar-refractivity contribution in [1.82, 2.24) is 15.2 Å². The van der Waals surface area contributed by atoms with Crippen LogP contribution in [0.3, 0.4) is 0 Å². The molecule has 1 N–H and O–H groups in total. The lowest BCUT2D eigenvalue weighted by atomic mass is 10.2. The molecule has 0 saturated carbocycles. The fourth-order valence-corrected chi connectivity index (χ4v) is 3.49. The Morgan fingerprint density at radius 3 is 2.71 bits per heavy atom. The Kier molecular flexibility index (Phi) is 4.20. The molecule has 2 aromatic rings. The van der Waals surface area contributed by atoms with E-state index >= 15 is 0 Å². The second-order valence-corrected chi connectivity index (χ2v) is 6.33. The van der Waals surface area contributed by atoms with Gasteiger partial charge in [0.2, 0.25) is 0 Å². The number of hydrogen-bond acceptors (Lipinski definition) is 3. The lowest BCUT2D eigenvalue weighted by Gasteiger charge is -2.15. The summed E-state index contributed by atoms with van der Waals surface area (Å²) < 4.78 is 0. The van der Waals surface area contributed by atoms with Crippen molar-refractivity contribution in [2.75, 3.05) is 13.1 Å². The molecule has 1 fully saturated rings. The number of hydrogen-bond donors (Lipinski definition) is 1. The van der Waals surface area contributed by atoms with Crippen LogP contribution >= 0.6 is 11.3 Å². The van der Waals surface area contributed by atoms with E-state index in [1.54, 1.807) is 11.3 Å². The summed E-state index contributed by atoms with van der Waals surface area (Å²) in [5, 5.41) is 4.02. The van der Waals surface area contributed by atoms with Crippen molar-refractivity contribution in [2.24, 2.45) is 0 Å². The van der Waals surface area contributed by atoms with E-state index in [1.807, 2.05) is 30.0 Å². The van der Waals surface area contributed by atoms with Crippen LogP contribution in [0.4, 0.5) is 4.79 Å². The summed E-state index contributed by atoms with van der Waals surface area (Å²) in [6.07, 6.45) is 2.23. The van der Waals surface area contributed by atoms with Crippen molar-refractivity contribution >= 4 is 17.4 Å². The molecule has 2 amide bonds. The third-order valence-corrected chi connectivity index (χ3v) is 4.91. The molecule has 1 aliphatic rings. The third-order valence-electron chi connectivity index (χ3n) is 3.71. The fourth-order valence-electron chi connectivity index (χ4n) is 2.48. The Balaban J connectivity index is 1.66. The molecule has 1 aromatic heterocycles. The highest BCUT2D eigenvalue weighted by Crippen LogP contribution is 2.27. The van der Waals surface area contributed by atoms with Crippen LogP contribution in [0.1, 0.15) is 23.4 Å². The van der Waals surface area contributed by atoms with Gasteiger partial charge in [-0.1, -0.05) is 30.3 Å². The van der Waals surface area contributed by atoms with Gasteiger partial charge in [0, 0.05) is 23.5 Å². The molecule has 0 unspecified atom stereocenters. The Labute approximate surface area is 128 Å². The molecule has 5 heteroatoms. The Bertz CT molecular complexity index is 618. The molecule has 1 saturated heterocycles. The van der Waals surface area contributed by atoms with Crippen molar-refractivity contribution in [1.29, 1.82) is 0 Å². The van der Waals surface area contributed by atoms with Crippen molar-refractivity contribution in [2.45, 2.75) is 26.3 Å². The first-order valence-electron chi connectivity index (χ1n) is 7.28. The highest BCUT2D eigenvalue weighted by molar-refractivity contribution is 7.15. The van der Waals surface area contributed by atoms with Gasteiger partial charge in [-0.2, -0.15) is 0 Å². The van der Waals surface area contributed by atoms with Crippen LogP contribution in [-0.2, 0) is 6.54 Å². The molecular formula is C16H19N3OS. The number of aromatic nitrogens is 1. The molecule has 1 aliphatic heterocycles. The maximum atomic E-state index is 12.0. The van der Waals surface area contributed by atoms with Crippen LogP contribution in [0.5, 0.6) is 0 Å². The van der Waals surface area contributed by atoms with Gasteiger partial charge in [0.1, 0.15) is 5.01 Å².